The molecule has 10 heavy (non-hydrogen) atoms. The van der Waals surface area contributed by atoms with Gasteiger partial charge in [-0.1, -0.05) is 0 Å². The van der Waals surface area contributed by atoms with Crippen LogP contribution in [-0.2, 0) is 0 Å². The van der Waals surface area contributed by atoms with Crippen molar-refractivity contribution in [2.45, 2.75) is 0 Å². The zero-order valence-electron chi connectivity index (χ0n) is 5.06. The Morgan fingerprint density at radius 3 is 3.10 bits per heavy atom. The molecule has 50 valence electrons. The lowest BCUT2D eigenvalue weighted by atomic mass is 10.4. The lowest BCUT2D eigenvalue weighted by Crippen LogP contribution is -1.74. The van der Waals surface area contributed by atoms with E-state index < -0.39 is 0 Å². The molecule has 1 aromatic rings. The van der Waals surface area contributed by atoms with Crippen LogP contribution in [0.15, 0.2) is 29.0 Å². The van der Waals surface area contributed by atoms with Gasteiger partial charge in [-0.15, -0.1) is 0 Å². The van der Waals surface area contributed by atoms with Crippen LogP contribution in [0.4, 0.5) is 0 Å². The molecule has 0 saturated carbocycles. The van der Waals surface area contributed by atoms with Crippen molar-refractivity contribution in [1.82, 2.24) is 0 Å². The molecular weight excluding hydrogens is 132 g/mol. The third-order valence-corrected chi connectivity index (χ3v) is 0.954. The second kappa shape index (κ2) is 2.69. The van der Waals surface area contributed by atoms with Crippen molar-refractivity contribution in [3.63, 3.8) is 0 Å². The Hall–Kier alpha value is -1.76. The third-order valence-electron chi connectivity index (χ3n) is 0.954. The first-order chi connectivity index (χ1) is 4.84. The number of nitrogens with zero attached hydrogens (tertiary/aromatic N) is 2. The smallest absolute Gasteiger partial charge is 0.395 e. The highest BCUT2D eigenvalue weighted by molar-refractivity contribution is 5.53. The molecular formula is C6H5N2O2+. The van der Waals surface area contributed by atoms with Gasteiger partial charge in [0.25, 0.3) is 0 Å². The van der Waals surface area contributed by atoms with Gasteiger partial charge < -0.3 is 9.52 Å². The molecule has 1 heterocycles. The standard InChI is InChI=1S/C6H4N2O2/c7-8-4-5(9)6-2-1-3-10-6/h1-4H/p+1/b5-4-. The third kappa shape index (κ3) is 1.14. The van der Waals surface area contributed by atoms with Crippen LogP contribution in [0.2, 0.25) is 0 Å². The first-order valence-corrected chi connectivity index (χ1v) is 2.62. The molecule has 0 spiro atoms. The Labute approximate surface area is 57.0 Å². The Morgan fingerprint density at radius 1 is 1.80 bits per heavy atom. The summed E-state index contributed by atoms with van der Waals surface area (Å²) in [7, 11) is 0. The minimum absolute atomic E-state index is 0.201. The van der Waals surface area contributed by atoms with Crippen LogP contribution in [0.1, 0.15) is 5.76 Å². The summed E-state index contributed by atoms with van der Waals surface area (Å²) in [5, 5.41) is 16.9. The quantitative estimate of drug-likeness (QED) is 0.475. The number of rotatable bonds is 1. The highest BCUT2D eigenvalue weighted by Crippen LogP contribution is 2.10. The topological polar surface area (TPSA) is 61.5 Å². The van der Waals surface area contributed by atoms with Crippen molar-refractivity contribution in [2.24, 2.45) is 0 Å². The summed E-state index contributed by atoms with van der Waals surface area (Å²) in [5.74, 6) is 0.0744. The molecule has 0 aromatic carbocycles. The molecule has 4 nitrogen and oxygen atoms in total. The molecule has 0 aliphatic heterocycles. The van der Waals surface area contributed by atoms with Crippen molar-refractivity contribution in [3.8, 4) is 0 Å². The average molecular weight is 137 g/mol. The maximum Gasteiger partial charge on any atom is 0.395 e. The van der Waals surface area contributed by atoms with Gasteiger partial charge in [0.15, 0.2) is 10.7 Å². The van der Waals surface area contributed by atoms with Crippen molar-refractivity contribution in [1.29, 1.82) is 5.39 Å². The number of diazo groups is 1. The van der Waals surface area contributed by atoms with Crippen LogP contribution in [0, 0.1) is 5.39 Å². The number of hydrogen-bond acceptors (Lipinski definition) is 3. The van der Waals surface area contributed by atoms with Crippen LogP contribution < -0.4 is 0 Å². The number of aliphatic hydroxyl groups is 1. The molecule has 0 radical (unpaired) electrons. The Bertz CT molecular complexity index is 268. The molecule has 0 aliphatic rings. The van der Waals surface area contributed by atoms with Crippen LogP contribution in [-0.4, -0.2) is 5.11 Å². The van der Waals surface area contributed by atoms with Gasteiger partial charge >= 0.3 is 6.20 Å². The molecule has 1 rings (SSSR count). The van der Waals surface area contributed by atoms with Gasteiger partial charge in [-0.25, -0.2) is 0 Å². The summed E-state index contributed by atoms with van der Waals surface area (Å²) in [4.78, 5) is 2.62. The van der Waals surface area contributed by atoms with Gasteiger partial charge in [0, 0.05) is 0 Å². The fraction of sp³-hybridized carbons (Fsp3) is 0. The van der Waals surface area contributed by atoms with Gasteiger partial charge in [0.05, 0.1) is 6.26 Å². The van der Waals surface area contributed by atoms with E-state index in [2.05, 4.69) is 4.98 Å². The predicted octanol–water partition coefficient (Wildman–Crippen LogP) is 1.99. The zero-order valence-corrected chi connectivity index (χ0v) is 5.06. The van der Waals surface area contributed by atoms with Gasteiger partial charge in [-0.2, -0.15) is 0 Å². The van der Waals surface area contributed by atoms with Gasteiger partial charge in [0.1, 0.15) is 0 Å². The van der Waals surface area contributed by atoms with E-state index in [9.17, 15) is 0 Å². The lowest BCUT2D eigenvalue weighted by Gasteiger charge is -1.83. The molecule has 0 saturated heterocycles. The van der Waals surface area contributed by atoms with E-state index in [1.54, 1.807) is 12.1 Å². The summed E-state index contributed by atoms with van der Waals surface area (Å²) in [6.45, 7) is 0. The fourth-order valence-electron chi connectivity index (χ4n) is 0.543. The second-order valence-electron chi connectivity index (χ2n) is 1.61. The molecule has 0 atom stereocenters. The van der Waals surface area contributed by atoms with Crippen LogP contribution in [0.5, 0.6) is 0 Å². The largest absolute Gasteiger partial charge is 0.499 e. The summed E-state index contributed by atoms with van der Waals surface area (Å²) in [5.41, 5.74) is 0. The molecule has 0 aliphatic carbocycles. The first-order valence-electron chi connectivity index (χ1n) is 2.62. The number of aliphatic hydroxyl groups excluding tert-OH is 1. The fourth-order valence-corrected chi connectivity index (χ4v) is 0.543. The maximum absolute atomic E-state index is 8.92. The normalized spacial score (nSPS) is 10.9. The summed E-state index contributed by atoms with van der Waals surface area (Å²) >= 11 is 0. The maximum atomic E-state index is 8.92. The molecule has 1 aromatic heterocycles. The van der Waals surface area contributed by atoms with Crippen molar-refractivity contribution < 1.29 is 9.52 Å². The summed E-state index contributed by atoms with van der Waals surface area (Å²) in [6, 6.07) is 3.17. The Morgan fingerprint density at radius 2 is 2.60 bits per heavy atom. The predicted molar refractivity (Wildman–Crippen MR) is 34.4 cm³/mol. The first kappa shape index (κ1) is 6.36. The summed E-state index contributed by atoms with van der Waals surface area (Å²) in [6.07, 6.45) is 2.30. The van der Waals surface area contributed by atoms with Crippen LogP contribution in [0.25, 0.3) is 10.7 Å². The molecule has 0 fully saturated rings. The monoisotopic (exact) mass is 137 g/mol. The average Bonchev–Trinajstić information content (AvgIpc) is 2.38. The SMILES string of the molecule is N#[N+]/C=C(\O)c1ccco1. The van der Waals surface area contributed by atoms with Gasteiger partial charge in [-0.05, 0) is 12.1 Å². The minimum atomic E-state index is -0.201. The van der Waals surface area contributed by atoms with Crippen LogP contribution >= 0.6 is 0 Å². The molecule has 0 unspecified atom stereocenters. The number of furan rings is 1. The Kier molecular flexibility index (Phi) is 1.71. The second-order valence-corrected chi connectivity index (χ2v) is 1.61. The van der Waals surface area contributed by atoms with Gasteiger partial charge in [0.2, 0.25) is 11.2 Å². The van der Waals surface area contributed by atoms with Crippen molar-refractivity contribution in [3.05, 3.63) is 35.3 Å². The Balaban J connectivity index is 2.90. The van der Waals surface area contributed by atoms with E-state index in [1.165, 1.54) is 6.26 Å². The molecule has 1 N–H and O–H groups in total. The van der Waals surface area contributed by atoms with E-state index in [0.29, 0.717) is 0 Å². The molecule has 0 bridgehead atoms. The lowest BCUT2D eigenvalue weighted by molar-refractivity contribution is 0.459. The van der Waals surface area contributed by atoms with E-state index in [1.807, 2.05) is 0 Å². The highest BCUT2D eigenvalue weighted by Gasteiger charge is 2.05. The van der Waals surface area contributed by atoms with E-state index in [4.69, 9.17) is 14.9 Å². The van der Waals surface area contributed by atoms with Crippen molar-refractivity contribution in [2.75, 3.05) is 0 Å². The molecule has 0 amide bonds. The van der Waals surface area contributed by atoms with Gasteiger partial charge in [-0.3, -0.25) is 0 Å². The molecule has 4 heteroatoms. The summed E-state index contributed by atoms with van der Waals surface area (Å²) < 4.78 is 4.76. The number of hydrogen-bond donors (Lipinski definition) is 1. The van der Waals surface area contributed by atoms with Crippen molar-refractivity contribution >= 4 is 5.76 Å². The van der Waals surface area contributed by atoms with E-state index >= 15 is 0 Å². The highest BCUT2D eigenvalue weighted by atomic mass is 16.4. The minimum Gasteiger partial charge on any atom is -0.499 e. The van der Waals surface area contributed by atoms with E-state index in [-0.39, 0.29) is 11.5 Å². The van der Waals surface area contributed by atoms with Crippen LogP contribution in [0.3, 0.4) is 0 Å². The zero-order chi connectivity index (χ0) is 7.40. The van der Waals surface area contributed by atoms with E-state index in [0.717, 1.165) is 6.20 Å².